The molecule has 5 heteroatoms. The summed E-state index contributed by atoms with van der Waals surface area (Å²) >= 11 is 5.61. The Bertz CT molecular complexity index is 373. The molecule has 1 heterocycles. The second kappa shape index (κ2) is 4.69. The van der Waals surface area contributed by atoms with Crippen molar-refractivity contribution in [3.8, 4) is 0 Å². The molecule has 0 unspecified atom stereocenters. The Morgan fingerprint density at radius 3 is 2.71 bits per heavy atom. The van der Waals surface area contributed by atoms with Crippen molar-refractivity contribution >= 4 is 23.4 Å². The van der Waals surface area contributed by atoms with Gasteiger partial charge in [0.2, 0.25) is 11.8 Å². The summed E-state index contributed by atoms with van der Waals surface area (Å²) in [5.74, 6) is -0.0126. The number of piperazine rings is 1. The number of nitrogens with one attached hydrogen (secondary N) is 1. The van der Waals surface area contributed by atoms with E-state index in [4.69, 9.17) is 11.6 Å². The van der Waals surface area contributed by atoms with Crippen molar-refractivity contribution in [1.82, 2.24) is 10.2 Å². The quantitative estimate of drug-likeness (QED) is 0.812. The lowest BCUT2D eigenvalue weighted by atomic mass is 9.93. The molecule has 2 fully saturated rings. The first-order valence-electron chi connectivity index (χ1n) is 5.94. The predicted octanol–water partition coefficient (Wildman–Crippen LogP) is 1.40. The number of rotatable bonds is 2. The summed E-state index contributed by atoms with van der Waals surface area (Å²) in [5, 5.41) is 2.88. The number of carbonyl (C=O) groups excluding carboxylic acids is 2. The zero-order chi connectivity index (χ0) is 12.5. The molecule has 94 valence electrons. The third kappa shape index (κ3) is 2.32. The topological polar surface area (TPSA) is 49.4 Å². The normalized spacial score (nSPS) is 24.4. The second-order valence-corrected chi connectivity index (χ2v) is 5.17. The Hall–Kier alpha value is -1.03. The maximum absolute atomic E-state index is 12.4. The zero-order valence-electron chi connectivity index (χ0n) is 9.96. The van der Waals surface area contributed by atoms with Gasteiger partial charge >= 0.3 is 0 Å². The molecule has 2 aliphatic rings. The van der Waals surface area contributed by atoms with Crippen LogP contribution >= 0.6 is 11.6 Å². The summed E-state index contributed by atoms with van der Waals surface area (Å²) in [4.78, 5) is 25.7. The van der Waals surface area contributed by atoms with Gasteiger partial charge in [0, 0.05) is 12.1 Å². The number of nitrogens with zero attached hydrogens (tertiary/aromatic N) is 1. The van der Waals surface area contributed by atoms with Gasteiger partial charge in [0.1, 0.15) is 5.54 Å². The van der Waals surface area contributed by atoms with Crippen LogP contribution in [0.3, 0.4) is 0 Å². The number of halogens is 1. The van der Waals surface area contributed by atoms with Crippen LogP contribution in [0.15, 0.2) is 11.1 Å². The van der Waals surface area contributed by atoms with Crippen molar-refractivity contribution in [1.29, 1.82) is 0 Å². The molecular formula is C12H17ClN2O2. The van der Waals surface area contributed by atoms with Crippen LogP contribution in [0.4, 0.5) is 0 Å². The van der Waals surface area contributed by atoms with E-state index >= 15 is 0 Å². The van der Waals surface area contributed by atoms with Crippen molar-refractivity contribution in [2.24, 2.45) is 0 Å². The highest BCUT2D eigenvalue weighted by atomic mass is 35.5. The minimum atomic E-state index is -0.623. The number of hydrogen-bond donors (Lipinski definition) is 1. The third-order valence-corrected chi connectivity index (χ3v) is 3.87. The summed E-state index contributed by atoms with van der Waals surface area (Å²) in [6.45, 7) is 2.44. The first-order valence-corrected chi connectivity index (χ1v) is 6.37. The van der Waals surface area contributed by atoms with E-state index in [-0.39, 0.29) is 18.4 Å². The maximum Gasteiger partial charge on any atom is 0.249 e. The molecule has 17 heavy (non-hydrogen) atoms. The van der Waals surface area contributed by atoms with Gasteiger partial charge in [-0.3, -0.25) is 9.59 Å². The second-order valence-electron chi connectivity index (χ2n) is 4.95. The van der Waals surface area contributed by atoms with E-state index in [1.54, 1.807) is 4.90 Å². The number of hydrogen-bond acceptors (Lipinski definition) is 2. The van der Waals surface area contributed by atoms with Gasteiger partial charge in [-0.1, -0.05) is 24.4 Å². The van der Waals surface area contributed by atoms with Crippen molar-refractivity contribution < 1.29 is 9.59 Å². The van der Waals surface area contributed by atoms with E-state index in [1.165, 1.54) is 5.54 Å². The average Bonchev–Trinajstić information content (AvgIpc) is 2.74. The molecule has 0 aromatic rings. The molecule has 0 aromatic heterocycles. The van der Waals surface area contributed by atoms with E-state index < -0.39 is 5.54 Å². The largest absolute Gasteiger partial charge is 0.340 e. The van der Waals surface area contributed by atoms with Gasteiger partial charge in [-0.05, 0) is 25.3 Å². The molecule has 0 aromatic carbocycles. The summed E-state index contributed by atoms with van der Waals surface area (Å²) < 4.78 is 0. The zero-order valence-corrected chi connectivity index (χ0v) is 10.7. The van der Waals surface area contributed by atoms with E-state index in [0.717, 1.165) is 31.3 Å². The fraction of sp³-hybridized carbons (Fsp3) is 0.667. The van der Waals surface area contributed by atoms with E-state index in [2.05, 4.69) is 5.32 Å². The summed E-state index contributed by atoms with van der Waals surface area (Å²) in [5.41, 5.74) is 1.73. The van der Waals surface area contributed by atoms with Crippen LogP contribution in [0.25, 0.3) is 0 Å². The van der Waals surface area contributed by atoms with E-state index in [1.807, 2.05) is 6.92 Å². The Morgan fingerprint density at radius 1 is 1.47 bits per heavy atom. The van der Waals surface area contributed by atoms with Crippen molar-refractivity contribution in [2.75, 3.05) is 13.1 Å². The Kier molecular flexibility index (Phi) is 3.43. The summed E-state index contributed by atoms with van der Waals surface area (Å²) in [6.07, 6.45) is 3.53. The highest BCUT2D eigenvalue weighted by molar-refractivity contribution is 6.25. The average molecular weight is 257 g/mol. The molecule has 1 N–H and O–H groups in total. The van der Waals surface area contributed by atoms with Crippen molar-refractivity contribution in [3.05, 3.63) is 11.1 Å². The molecule has 4 nitrogen and oxygen atoms in total. The van der Waals surface area contributed by atoms with Gasteiger partial charge in [0.15, 0.2) is 0 Å². The standard InChI is InChI=1S/C12H17ClN2O2/c1-9(6-13)7-15-8-10(16)14-12(11(15)17)4-2-3-5-12/h6H,2-5,7-8H2,1H3,(H,14,16). The van der Waals surface area contributed by atoms with Gasteiger partial charge in [-0.15, -0.1) is 0 Å². The number of amides is 2. The van der Waals surface area contributed by atoms with Gasteiger partial charge in [0.05, 0.1) is 6.54 Å². The van der Waals surface area contributed by atoms with Gasteiger partial charge in [-0.25, -0.2) is 0 Å². The molecule has 1 aliphatic carbocycles. The molecule has 1 spiro atoms. The lowest BCUT2D eigenvalue weighted by molar-refractivity contribution is -0.149. The SMILES string of the molecule is CC(=CCl)CN1CC(=O)NC2(CCCC2)C1=O. The minimum absolute atomic E-state index is 0.0486. The molecule has 1 saturated heterocycles. The maximum atomic E-state index is 12.4. The summed E-state index contributed by atoms with van der Waals surface area (Å²) in [7, 11) is 0. The van der Waals surface area contributed by atoms with Gasteiger partial charge in [0.25, 0.3) is 0 Å². The molecule has 1 aliphatic heterocycles. The molecule has 0 bridgehead atoms. The van der Waals surface area contributed by atoms with Crippen molar-refractivity contribution in [3.63, 3.8) is 0 Å². The third-order valence-electron chi connectivity index (χ3n) is 3.49. The van der Waals surface area contributed by atoms with E-state index in [9.17, 15) is 9.59 Å². The first-order chi connectivity index (χ1) is 8.07. The molecular weight excluding hydrogens is 240 g/mol. The predicted molar refractivity (Wildman–Crippen MR) is 65.5 cm³/mol. The molecule has 0 atom stereocenters. The van der Waals surface area contributed by atoms with Crippen LogP contribution in [0, 0.1) is 0 Å². The van der Waals surface area contributed by atoms with Crippen molar-refractivity contribution in [2.45, 2.75) is 38.1 Å². The van der Waals surface area contributed by atoms with Crippen LogP contribution in [0.5, 0.6) is 0 Å². The van der Waals surface area contributed by atoms with Crippen LogP contribution < -0.4 is 5.32 Å². The Balaban J connectivity index is 2.17. The fourth-order valence-corrected chi connectivity index (χ4v) is 2.76. The minimum Gasteiger partial charge on any atom is -0.340 e. The Labute approximate surface area is 106 Å². The van der Waals surface area contributed by atoms with Crippen LogP contribution in [0.2, 0.25) is 0 Å². The van der Waals surface area contributed by atoms with Gasteiger partial charge < -0.3 is 10.2 Å². The highest BCUT2D eigenvalue weighted by Crippen LogP contribution is 2.33. The monoisotopic (exact) mass is 256 g/mol. The smallest absolute Gasteiger partial charge is 0.249 e. The van der Waals surface area contributed by atoms with Crippen LogP contribution in [0.1, 0.15) is 32.6 Å². The molecule has 1 saturated carbocycles. The molecule has 2 amide bonds. The van der Waals surface area contributed by atoms with Crippen LogP contribution in [-0.4, -0.2) is 35.3 Å². The molecule has 2 rings (SSSR count). The lowest BCUT2D eigenvalue weighted by Crippen LogP contribution is -2.65. The highest BCUT2D eigenvalue weighted by Gasteiger charge is 2.48. The Morgan fingerprint density at radius 2 is 2.12 bits per heavy atom. The first kappa shape index (κ1) is 12.4. The van der Waals surface area contributed by atoms with E-state index in [0.29, 0.717) is 6.54 Å². The van der Waals surface area contributed by atoms with Gasteiger partial charge in [-0.2, -0.15) is 0 Å². The van der Waals surface area contributed by atoms with Crippen LogP contribution in [-0.2, 0) is 9.59 Å². The molecule has 0 radical (unpaired) electrons. The lowest BCUT2D eigenvalue weighted by Gasteiger charge is -2.39. The fourth-order valence-electron chi connectivity index (χ4n) is 2.69. The summed E-state index contributed by atoms with van der Waals surface area (Å²) in [6, 6.07) is 0. The number of carbonyl (C=O) groups is 2.